The van der Waals surface area contributed by atoms with Crippen molar-refractivity contribution >= 4 is 0 Å². The molecule has 0 aromatic carbocycles. The molecule has 19 heavy (non-hydrogen) atoms. The second-order valence-electron chi connectivity index (χ2n) is 3.57. The molecule has 102 valence electrons. The Labute approximate surface area is 108 Å². The van der Waals surface area contributed by atoms with Crippen LogP contribution in [0.5, 0.6) is 0 Å². The highest BCUT2D eigenvalue weighted by atomic mass is 19.3. The Morgan fingerprint density at radius 3 is 2.37 bits per heavy atom. The van der Waals surface area contributed by atoms with Gasteiger partial charge >= 0.3 is 0 Å². The Kier molecular flexibility index (Phi) is 4.13. The van der Waals surface area contributed by atoms with Crippen LogP contribution >= 0.6 is 0 Å². The van der Waals surface area contributed by atoms with Crippen molar-refractivity contribution in [1.29, 1.82) is 0 Å². The van der Waals surface area contributed by atoms with E-state index in [9.17, 15) is 8.78 Å². The third-order valence-electron chi connectivity index (χ3n) is 2.36. The molecule has 0 aliphatic rings. The fourth-order valence-corrected chi connectivity index (χ4v) is 1.53. The molecule has 0 unspecified atom stereocenters. The minimum absolute atomic E-state index is 0.0388. The molecule has 2 heterocycles. The summed E-state index contributed by atoms with van der Waals surface area (Å²) in [5.74, 6) is 0.0388. The van der Waals surface area contributed by atoms with Gasteiger partial charge in [0.05, 0.1) is 0 Å². The van der Waals surface area contributed by atoms with Crippen molar-refractivity contribution in [3.8, 4) is 5.95 Å². The zero-order valence-corrected chi connectivity index (χ0v) is 10.3. The lowest BCUT2D eigenvalue weighted by Crippen LogP contribution is -2.12. The van der Waals surface area contributed by atoms with E-state index in [4.69, 9.17) is 9.47 Å². The minimum atomic E-state index is -2.72. The fraction of sp³-hybridized carbons (Fsp3) is 0.364. The molecule has 0 N–H and O–H groups in total. The molecule has 0 fully saturated rings. The zero-order chi connectivity index (χ0) is 13.8. The van der Waals surface area contributed by atoms with Gasteiger partial charge in [0.1, 0.15) is 11.4 Å². The first-order chi connectivity index (χ1) is 9.15. The Hall–Kier alpha value is -1.93. The van der Waals surface area contributed by atoms with Crippen molar-refractivity contribution < 1.29 is 18.3 Å². The highest BCUT2D eigenvalue weighted by Crippen LogP contribution is 2.22. The summed E-state index contributed by atoms with van der Waals surface area (Å²) in [6, 6.07) is 2.79. The molecule has 2 rings (SSSR count). The molecule has 0 spiro atoms. The average molecular weight is 270 g/mol. The molecule has 2 aromatic rings. The summed E-state index contributed by atoms with van der Waals surface area (Å²) in [6.45, 7) is 0. The summed E-state index contributed by atoms with van der Waals surface area (Å²) in [6.07, 6.45) is -0.495. The first-order valence-electron chi connectivity index (χ1n) is 5.38. The average Bonchev–Trinajstić information content (AvgIpc) is 2.93. The summed E-state index contributed by atoms with van der Waals surface area (Å²) >= 11 is 0. The number of aromatic nitrogens is 4. The van der Waals surface area contributed by atoms with Gasteiger partial charge in [0.2, 0.25) is 6.29 Å². The Bertz CT molecular complexity index is 529. The maximum Gasteiger partial charge on any atom is 0.280 e. The molecule has 0 radical (unpaired) electrons. The maximum atomic E-state index is 12.8. The van der Waals surface area contributed by atoms with Crippen LogP contribution in [0.25, 0.3) is 5.95 Å². The van der Waals surface area contributed by atoms with Crippen molar-refractivity contribution in [3.63, 3.8) is 0 Å². The van der Waals surface area contributed by atoms with Crippen LogP contribution in [0.2, 0.25) is 0 Å². The lowest BCUT2D eigenvalue weighted by atomic mass is 10.3. The van der Waals surface area contributed by atoms with Crippen LogP contribution in [0.15, 0.2) is 24.5 Å². The normalized spacial score (nSPS) is 11.5. The number of nitrogens with zero attached hydrogens (tertiary/aromatic N) is 4. The van der Waals surface area contributed by atoms with Gasteiger partial charge in [-0.15, -0.1) is 0 Å². The van der Waals surface area contributed by atoms with Gasteiger partial charge in [0.25, 0.3) is 12.4 Å². The van der Waals surface area contributed by atoms with E-state index in [1.165, 1.54) is 25.1 Å². The Morgan fingerprint density at radius 1 is 1.16 bits per heavy atom. The predicted molar refractivity (Wildman–Crippen MR) is 60.9 cm³/mol. The second kappa shape index (κ2) is 5.81. The number of hydrogen-bond donors (Lipinski definition) is 0. The van der Waals surface area contributed by atoms with E-state index < -0.39 is 18.4 Å². The van der Waals surface area contributed by atoms with Gasteiger partial charge < -0.3 is 9.47 Å². The van der Waals surface area contributed by atoms with Crippen molar-refractivity contribution in [2.45, 2.75) is 12.7 Å². The quantitative estimate of drug-likeness (QED) is 0.776. The lowest BCUT2D eigenvalue weighted by Gasteiger charge is -2.14. The van der Waals surface area contributed by atoms with Gasteiger partial charge in [-0.05, 0) is 12.1 Å². The van der Waals surface area contributed by atoms with Crippen molar-refractivity contribution in [2.75, 3.05) is 14.2 Å². The molecule has 2 aromatic heterocycles. The van der Waals surface area contributed by atoms with E-state index in [0.717, 1.165) is 6.07 Å². The van der Waals surface area contributed by atoms with Crippen LogP contribution in [0, 0.1) is 0 Å². The molecule has 0 bridgehead atoms. The van der Waals surface area contributed by atoms with E-state index in [-0.39, 0.29) is 11.6 Å². The number of halogens is 2. The maximum absolute atomic E-state index is 12.8. The van der Waals surface area contributed by atoms with Crippen molar-refractivity contribution in [3.05, 3.63) is 35.9 Å². The summed E-state index contributed by atoms with van der Waals surface area (Å²) in [5.41, 5.74) is -0.199. The van der Waals surface area contributed by atoms with Crippen LogP contribution in [-0.4, -0.2) is 34.0 Å². The Balaban J connectivity index is 2.49. The fourth-order valence-electron chi connectivity index (χ4n) is 1.53. The SMILES string of the molecule is COC(OC)c1cc(C(F)F)nc(-n2cccn2)n1. The summed E-state index contributed by atoms with van der Waals surface area (Å²) in [7, 11) is 2.79. The minimum Gasteiger partial charge on any atom is -0.350 e. The molecule has 6 nitrogen and oxygen atoms in total. The molecule has 0 atom stereocenters. The topological polar surface area (TPSA) is 62.1 Å². The molecule has 0 aliphatic carbocycles. The van der Waals surface area contributed by atoms with Gasteiger partial charge in [-0.2, -0.15) is 5.10 Å². The first-order valence-corrected chi connectivity index (χ1v) is 5.38. The lowest BCUT2D eigenvalue weighted by molar-refractivity contribution is -0.108. The van der Waals surface area contributed by atoms with Crippen LogP contribution < -0.4 is 0 Å². The number of alkyl halides is 2. The van der Waals surface area contributed by atoms with Gasteiger partial charge in [0.15, 0.2) is 0 Å². The molecule has 0 amide bonds. The summed E-state index contributed by atoms with van der Waals surface area (Å²) in [5, 5.41) is 3.90. The number of hydrogen-bond acceptors (Lipinski definition) is 5. The van der Waals surface area contributed by atoms with E-state index >= 15 is 0 Å². The highest BCUT2D eigenvalue weighted by Gasteiger charge is 2.19. The van der Waals surface area contributed by atoms with E-state index in [2.05, 4.69) is 15.1 Å². The standard InChI is InChI=1S/C11H12F2N4O2/c1-18-10(19-2)8-6-7(9(12)13)15-11(16-8)17-5-3-4-14-17/h3-6,9-10H,1-2H3. The smallest absolute Gasteiger partial charge is 0.280 e. The molecule has 0 aliphatic heterocycles. The Morgan fingerprint density at radius 2 is 1.84 bits per heavy atom. The van der Waals surface area contributed by atoms with Gasteiger partial charge in [0, 0.05) is 26.6 Å². The largest absolute Gasteiger partial charge is 0.350 e. The third kappa shape index (κ3) is 2.91. The molecular formula is C11H12F2N4O2. The van der Waals surface area contributed by atoms with Crippen LogP contribution in [0.4, 0.5) is 8.78 Å². The number of methoxy groups -OCH3 is 2. The second-order valence-corrected chi connectivity index (χ2v) is 3.57. The van der Waals surface area contributed by atoms with Crippen molar-refractivity contribution in [2.24, 2.45) is 0 Å². The zero-order valence-electron chi connectivity index (χ0n) is 10.3. The van der Waals surface area contributed by atoms with Gasteiger partial charge in [-0.1, -0.05) is 0 Å². The van der Waals surface area contributed by atoms with Crippen LogP contribution in [0.1, 0.15) is 24.1 Å². The highest BCUT2D eigenvalue weighted by molar-refractivity contribution is 5.20. The van der Waals surface area contributed by atoms with Crippen molar-refractivity contribution in [1.82, 2.24) is 19.7 Å². The number of rotatable bonds is 5. The van der Waals surface area contributed by atoms with Crippen LogP contribution in [-0.2, 0) is 9.47 Å². The number of ether oxygens (including phenoxy) is 2. The monoisotopic (exact) mass is 270 g/mol. The van der Waals surface area contributed by atoms with Crippen LogP contribution in [0.3, 0.4) is 0 Å². The molecule has 0 saturated carbocycles. The molecular weight excluding hydrogens is 258 g/mol. The van der Waals surface area contributed by atoms with Gasteiger partial charge in [-0.25, -0.2) is 23.4 Å². The summed E-state index contributed by atoms with van der Waals surface area (Å²) < 4.78 is 37.0. The van der Waals surface area contributed by atoms with E-state index in [1.807, 2.05) is 0 Å². The van der Waals surface area contributed by atoms with Gasteiger partial charge in [-0.3, -0.25) is 0 Å². The first kappa shape index (κ1) is 13.5. The van der Waals surface area contributed by atoms with E-state index in [1.54, 1.807) is 12.3 Å². The molecule has 8 heteroatoms. The summed E-state index contributed by atoms with van der Waals surface area (Å²) in [4.78, 5) is 7.86. The predicted octanol–water partition coefficient (Wildman–Crippen LogP) is 1.89. The molecule has 0 saturated heterocycles. The third-order valence-corrected chi connectivity index (χ3v) is 2.36. The van der Waals surface area contributed by atoms with E-state index in [0.29, 0.717) is 0 Å².